The van der Waals surface area contributed by atoms with Crippen LogP contribution in [0.25, 0.3) is 0 Å². The van der Waals surface area contributed by atoms with Crippen LogP contribution in [-0.4, -0.2) is 49.8 Å². The molecular weight excluding hydrogens is 528 g/mol. The highest BCUT2D eigenvalue weighted by Crippen LogP contribution is 2.34. The van der Waals surface area contributed by atoms with E-state index in [2.05, 4.69) is 0 Å². The summed E-state index contributed by atoms with van der Waals surface area (Å²) >= 11 is 7.67. The molecule has 198 valence electrons. The van der Waals surface area contributed by atoms with Crippen molar-refractivity contribution in [3.63, 3.8) is 0 Å². The lowest BCUT2D eigenvalue weighted by molar-refractivity contribution is -0.135. The number of sulfonamides is 1. The van der Waals surface area contributed by atoms with E-state index in [4.69, 9.17) is 16.3 Å². The van der Waals surface area contributed by atoms with Gasteiger partial charge in [0.2, 0.25) is 15.9 Å². The Morgan fingerprint density at radius 3 is 2.54 bits per heavy atom. The van der Waals surface area contributed by atoms with Crippen LogP contribution in [0, 0.1) is 12.8 Å². The number of benzene rings is 2. The van der Waals surface area contributed by atoms with E-state index < -0.39 is 10.0 Å². The number of halogens is 1. The number of amides is 1. The molecule has 0 unspecified atom stereocenters. The van der Waals surface area contributed by atoms with Crippen molar-refractivity contribution in [3.8, 4) is 5.75 Å². The fourth-order valence-corrected chi connectivity index (χ4v) is 6.97. The van der Waals surface area contributed by atoms with Gasteiger partial charge in [-0.3, -0.25) is 4.79 Å². The van der Waals surface area contributed by atoms with E-state index in [9.17, 15) is 13.2 Å². The van der Waals surface area contributed by atoms with Crippen LogP contribution >= 0.6 is 22.9 Å². The fraction of sp³-hybridized carbons (Fsp3) is 0.393. The topological polar surface area (TPSA) is 66.9 Å². The summed E-state index contributed by atoms with van der Waals surface area (Å²) in [6.07, 6.45) is 1.55. The van der Waals surface area contributed by atoms with Gasteiger partial charge >= 0.3 is 0 Å². The molecule has 37 heavy (non-hydrogen) atoms. The Labute approximate surface area is 228 Å². The van der Waals surface area contributed by atoms with Crippen molar-refractivity contribution in [3.05, 3.63) is 81.0 Å². The first-order valence-corrected chi connectivity index (χ1v) is 15.2. The van der Waals surface area contributed by atoms with Gasteiger partial charge in [-0.25, -0.2) is 8.42 Å². The molecule has 0 saturated carbocycles. The normalized spacial score (nSPS) is 16.5. The molecule has 1 aliphatic heterocycles. The third-order valence-corrected chi connectivity index (χ3v) is 9.89. The SMILES string of the molecule is CC[C@H](C)CN(CC(=O)N1CCc2sccc2[C@@H]1COc1ccc(C)cc1)S(=O)(=O)c1ccc(Cl)cc1. The first kappa shape index (κ1) is 27.6. The van der Waals surface area contributed by atoms with Gasteiger partial charge in [0, 0.05) is 23.0 Å². The number of fused-ring (bicyclic) bond motifs is 1. The van der Waals surface area contributed by atoms with Crippen molar-refractivity contribution in [2.45, 2.75) is 44.6 Å². The van der Waals surface area contributed by atoms with E-state index in [0.717, 1.165) is 29.7 Å². The Hall–Kier alpha value is -2.39. The van der Waals surface area contributed by atoms with Gasteiger partial charge in [0.1, 0.15) is 12.4 Å². The zero-order chi connectivity index (χ0) is 26.6. The number of ether oxygens (including phenoxy) is 1. The standard InChI is InChI=1S/C28H33ClN2O4S2/c1-4-20(2)17-30(37(33,34)24-11-7-22(29)8-12-24)18-28(32)31-15-13-27-25(14-16-36-27)26(31)19-35-23-9-5-21(3)6-10-23/h5-12,14,16,20,26H,4,13,15,17-19H2,1-3H3/t20-,26-/m0/s1. The minimum absolute atomic E-state index is 0.0976. The summed E-state index contributed by atoms with van der Waals surface area (Å²) in [5.41, 5.74) is 2.22. The van der Waals surface area contributed by atoms with Crippen LogP contribution in [-0.2, 0) is 21.2 Å². The highest BCUT2D eigenvalue weighted by molar-refractivity contribution is 7.89. The predicted octanol–water partition coefficient (Wildman–Crippen LogP) is 5.95. The van der Waals surface area contributed by atoms with E-state index >= 15 is 0 Å². The molecule has 1 aromatic heterocycles. The van der Waals surface area contributed by atoms with Crippen molar-refractivity contribution in [1.82, 2.24) is 9.21 Å². The molecule has 0 fully saturated rings. The summed E-state index contributed by atoms with van der Waals surface area (Å²) in [5.74, 6) is 0.611. The maximum absolute atomic E-state index is 13.8. The molecule has 0 aliphatic carbocycles. The summed E-state index contributed by atoms with van der Waals surface area (Å²) in [6, 6.07) is 15.7. The number of rotatable bonds is 10. The van der Waals surface area contributed by atoms with Gasteiger partial charge < -0.3 is 9.64 Å². The Balaban J connectivity index is 1.58. The van der Waals surface area contributed by atoms with E-state index in [1.807, 2.05) is 56.5 Å². The number of carbonyl (C=O) groups excluding carboxylic acids is 1. The number of aryl methyl sites for hydroxylation is 1. The summed E-state index contributed by atoms with van der Waals surface area (Å²) in [6.45, 7) is 6.88. The monoisotopic (exact) mass is 560 g/mol. The second kappa shape index (κ2) is 12.0. The Morgan fingerprint density at radius 2 is 1.86 bits per heavy atom. The van der Waals surface area contributed by atoms with Gasteiger partial charge in [0.05, 0.1) is 17.5 Å². The summed E-state index contributed by atoms with van der Waals surface area (Å²) in [7, 11) is -3.89. The van der Waals surface area contributed by atoms with Gasteiger partial charge in [0.25, 0.3) is 0 Å². The third kappa shape index (κ3) is 6.55. The molecule has 1 amide bonds. The molecule has 0 radical (unpaired) electrons. The lowest BCUT2D eigenvalue weighted by Gasteiger charge is -2.37. The van der Waals surface area contributed by atoms with Crippen molar-refractivity contribution in [2.24, 2.45) is 5.92 Å². The molecule has 0 bridgehead atoms. The first-order valence-electron chi connectivity index (χ1n) is 12.5. The average Bonchev–Trinajstić information content (AvgIpc) is 3.37. The molecule has 6 nitrogen and oxygen atoms in total. The van der Waals surface area contributed by atoms with Crippen LogP contribution < -0.4 is 4.74 Å². The maximum atomic E-state index is 13.8. The van der Waals surface area contributed by atoms with Gasteiger partial charge in [0.15, 0.2) is 0 Å². The number of thiophene rings is 1. The molecule has 2 atom stereocenters. The van der Waals surface area contributed by atoms with E-state index in [-0.39, 0.29) is 35.9 Å². The first-order chi connectivity index (χ1) is 17.7. The van der Waals surface area contributed by atoms with E-state index in [1.54, 1.807) is 28.4 Å². The Kier molecular flexibility index (Phi) is 8.95. The number of nitrogens with zero attached hydrogens (tertiary/aromatic N) is 2. The van der Waals surface area contributed by atoms with Crippen molar-refractivity contribution in [2.75, 3.05) is 26.2 Å². The van der Waals surface area contributed by atoms with Crippen LogP contribution in [0.4, 0.5) is 0 Å². The van der Waals surface area contributed by atoms with Gasteiger partial charge in [-0.15, -0.1) is 11.3 Å². The second-order valence-electron chi connectivity index (χ2n) is 9.54. The van der Waals surface area contributed by atoms with Gasteiger partial charge in [-0.05, 0) is 72.7 Å². The summed E-state index contributed by atoms with van der Waals surface area (Å²) < 4.78 is 34.6. The van der Waals surface area contributed by atoms with Crippen LogP contribution in [0.3, 0.4) is 0 Å². The second-order valence-corrected chi connectivity index (χ2v) is 12.9. The molecular formula is C28H33ClN2O4S2. The Morgan fingerprint density at radius 1 is 1.16 bits per heavy atom. The highest BCUT2D eigenvalue weighted by Gasteiger charge is 2.35. The van der Waals surface area contributed by atoms with Crippen molar-refractivity contribution in [1.29, 1.82) is 0 Å². The quantitative estimate of drug-likeness (QED) is 0.307. The molecule has 0 spiro atoms. The average molecular weight is 561 g/mol. The molecule has 0 N–H and O–H groups in total. The molecule has 3 aromatic rings. The van der Waals surface area contributed by atoms with E-state index in [0.29, 0.717) is 18.2 Å². The largest absolute Gasteiger partial charge is 0.491 e. The maximum Gasteiger partial charge on any atom is 0.243 e. The third-order valence-electron chi connectivity index (χ3n) is 6.82. The van der Waals surface area contributed by atoms with Crippen LogP contribution in [0.2, 0.25) is 5.02 Å². The molecule has 2 heterocycles. The smallest absolute Gasteiger partial charge is 0.243 e. The molecule has 0 saturated heterocycles. The summed E-state index contributed by atoms with van der Waals surface area (Å²) in [5, 5.41) is 2.50. The zero-order valence-corrected chi connectivity index (χ0v) is 23.8. The molecule has 2 aromatic carbocycles. The molecule has 9 heteroatoms. The molecule has 1 aliphatic rings. The number of hydrogen-bond acceptors (Lipinski definition) is 5. The van der Waals surface area contributed by atoms with Crippen molar-refractivity contribution < 1.29 is 17.9 Å². The minimum Gasteiger partial charge on any atom is -0.491 e. The zero-order valence-electron chi connectivity index (χ0n) is 21.4. The van der Waals surface area contributed by atoms with E-state index in [1.165, 1.54) is 21.3 Å². The Bertz CT molecular complexity index is 1310. The predicted molar refractivity (Wildman–Crippen MR) is 149 cm³/mol. The number of hydrogen-bond donors (Lipinski definition) is 0. The van der Waals surface area contributed by atoms with Gasteiger partial charge in [-0.2, -0.15) is 4.31 Å². The minimum atomic E-state index is -3.89. The lowest BCUT2D eigenvalue weighted by atomic mass is 10.0. The van der Waals surface area contributed by atoms with Crippen LogP contribution in [0.5, 0.6) is 5.75 Å². The molecule has 4 rings (SSSR count). The van der Waals surface area contributed by atoms with Gasteiger partial charge in [-0.1, -0.05) is 49.6 Å². The lowest BCUT2D eigenvalue weighted by Crippen LogP contribution is -2.48. The number of carbonyl (C=O) groups is 1. The van der Waals surface area contributed by atoms with Crippen LogP contribution in [0.15, 0.2) is 64.9 Å². The fourth-order valence-electron chi connectivity index (χ4n) is 4.41. The van der Waals surface area contributed by atoms with Crippen LogP contribution in [0.1, 0.15) is 42.3 Å². The van der Waals surface area contributed by atoms with Crippen molar-refractivity contribution >= 4 is 38.9 Å². The summed E-state index contributed by atoms with van der Waals surface area (Å²) in [4.78, 5) is 16.9. The highest BCUT2D eigenvalue weighted by atomic mass is 35.5.